The van der Waals surface area contributed by atoms with E-state index in [2.05, 4.69) is 10.3 Å². The van der Waals surface area contributed by atoms with Gasteiger partial charge >= 0.3 is 5.76 Å². The zero-order valence-electron chi connectivity index (χ0n) is 14.8. The molecule has 0 fully saturated rings. The van der Waals surface area contributed by atoms with E-state index < -0.39 is 32.2 Å². The first-order chi connectivity index (χ1) is 13.7. The third kappa shape index (κ3) is 4.62. The molecule has 6 nitrogen and oxygen atoms in total. The molecule has 3 rings (SSSR count). The summed E-state index contributed by atoms with van der Waals surface area (Å²) < 4.78 is 63.6. The van der Waals surface area contributed by atoms with E-state index >= 15 is 0 Å². The fraction of sp³-hybridized carbons (Fsp3) is 0.111. The van der Waals surface area contributed by atoms with Gasteiger partial charge in [-0.05, 0) is 54.2 Å². The highest BCUT2D eigenvalue weighted by Crippen LogP contribution is 2.33. The lowest BCUT2D eigenvalue weighted by Gasteiger charge is -2.11. The topological polar surface area (TPSA) is 81.1 Å². The number of carbonyl (C=O) groups is 1. The van der Waals surface area contributed by atoms with Crippen molar-refractivity contribution in [2.24, 2.45) is 7.05 Å². The molecule has 0 unspecified atom stereocenters. The van der Waals surface area contributed by atoms with Crippen molar-refractivity contribution in [1.29, 1.82) is 0 Å². The van der Waals surface area contributed by atoms with Gasteiger partial charge in [0.05, 0.1) is 10.6 Å². The minimum Gasteiger partial charge on any atom is -0.329 e. The fourth-order valence-electron chi connectivity index (χ4n) is 2.33. The van der Waals surface area contributed by atoms with Gasteiger partial charge in [0.2, 0.25) is 9.84 Å². The van der Waals surface area contributed by atoms with Crippen LogP contribution in [-0.4, -0.2) is 29.6 Å². The number of imidazole rings is 1. The SMILES string of the molecule is Cn1ccnc1Sc1ccc(F)cc1NC(=O)c1ccc(S(=O)(=O)C(F)F)cc1. The third-order valence-corrected chi connectivity index (χ3v) is 6.40. The number of aromatic nitrogens is 2. The molecule has 2 aromatic carbocycles. The van der Waals surface area contributed by atoms with Gasteiger partial charge in [-0.15, -0.1) is 0 Å². The summed E-state index contributed by atoms with van der Waals surface area (Å²) in [6.07, 6.45) is 3.33. The normalized spacial score (nSPS) is 11.6. The molecule has 1 N–H and O–H groups in total. The lowest BCUT2D eigenvalue weighted by Crippen LogP contribution is -2.14. The Bertz CT molecular complexity index is 1150. The van der Waals surface area contributed by atoms with Crippen molar-refractivity contribution in [1.82, 2.24) is 9.55 Å². The van der Waals surface area contributed by atoms with E-state index in [1.165, 1.54) is 23.9 Å². The van der Waals surface area contributed by atoms with Crippen LogP contribution in [0.25, 0.3) is 0 Å². The number of rotatable bonds is 6. The number of nitrogens with zero attached hydrogens (tertiary/aromatic N) is 2. The molecule has 0 saturated heterocycles. The van der Waals surface area contributed by atoms with Crippen LogP contribution in [0.15, 0.2) is 69.8 Å². The number of aryl methyl sites for hydroxylation is 1. The Balaban J connectivity index is 1.84. The van der Waals surface area contributed by atoms with Crippen LogP contribution in [0.3, 0.4) is 0 Å². The Morgan fingerprint density at radius 3 is 2.45 bits per heavy atom. The van der Waals surface area contributed by atoms with Gasteiger partial charge in [0.15, 0.2) is 5.16 Å². The highest BCUT2D eigenvalue weighted by atomic mass is 32.2. The van der Waals surface area contributed by atoms with Crippen LogP contribution in [-0.2, 0) is 16.9 Å². The van der Waals surface area contributed by atoms with Crippen molar-refractivity contribution in [3.05, 3.63) is 66.2 Å². The Morgan fingerprint density at radius 1 is 1.17 bits per heavy atom. The Morgan fingerprint density at radius 2 is 1.86 bits per heavy atom. The van der Waals surface area contributed by atoms with Crippen molar-refractivity contribution in [3.63, 3.8) is 0 Å². The first-order valence-electron chi connectivity index (χ1n) is 8.06. The summed E-state index contributed by atoms with van der Waals surface area (Å²) in [4.78, 5) is 16.6. The average Bonchev–Trinajstić information content (AvgIpc) is 3.08. The summed E-state index contributed by atoms with van der Waals surface area (Å²) in [6.45, 7) is 0. The summed E-state index contributed by atoms with van der Waals surface area (Å²) >= 11 is 1.21. The largest absolute Gasteiger partial charge is 0.341 e. The summed E-state index contributed by atoms with van der Waals surface area (Å²) in [5.74, 6) is -4.78. The van der Waals surface area contributed by atoms with E-state index in [1.54, 1.807) is 24.0 Å². The summed E-state index contributed by atoms with van der Waals surface area (Å²) in [5, 5.41) is 3.17. The van der Waals surface area contributed by atoms with E-state index in [0.717, 1.165) is 30.3 Å². The van der Waals surface area contributed by atoms with Crippen molar-refractivity contribution in [2.45, 2.75) is 20.7 Å². The molecule has 1 heterocycles. The maximum absolute atomic E-state index is 13.7. The number of sulfone groups is 1. The van der Waals surface area contributed by atoms with Crippen LogP contribution in [0, 0.1) is 5.82 Å². The second-order valence-corrected chi connectivity index (χ2v) is 8.77. The smallest absolute Gasteiger partial charge is 0.329 e. The Kier molecular flexibility index (Phi) is 5.99. The molecule has 0 aliphatic carbocycles. The van der Waals surface area contributed by atoms with E-state index in [0.29, 0.717) is 10.1 Å². The second-order valence-electron chi connectivity index (χ2n) is 5.85. The van der Waals surface area contributed by atoms with E-state index in [9.17, 15) is 26.4 Å². The van der Waals surface area contributed by atoms with Gasteiger partial charge in [0.1, 0.15) is 5.82 Å². The zero-order chi connectivity index (χ0) is 21.2. The number of halogens is 3. The maximum Gasteiger partial charge on any atom is 0.341 e. The van der Waals surface area contributed by atoms with Gasteiger partial charge < -0.3 is 9.88 Å². The minimum atomic E-state index is -4.75. The van der Waals surface area contributed by atoms with Gasteiger partial charge in [-0.1, -0.05) is 0 Å². The summed E-state index contributed by atoms with van der Waals surface area (Å²) in [6, 6.07) is 7.92. The van der Waals surface area contributed by atoms with Crippen LogP contribution in [0.2, 0.25) is 0 Å². The van der Waals surface area contributed by atoms with Crippen molar-refractivity contribution in [2.75, 3.05) is 5.32 Å². The van der Waals surface area contributed by atoms with Crippen LogP contribution >= 0.6 is 11.8 Å². The molecule has 152 valence electrons. The number of hydrogen-bond donors (Lipinski definition) is 1. The molecule has 0 aliphatic rings. The molecule has 0 saturated carbocycles. The van der Waals surface area contributed by atoms with E-state index in [4.69, 9.17) is 0 Å². The van der Waals surface area contributed by atoms with Gasteiger partial charge in [0, 0.05) is 29.9 Å². The highest BCUT2D eigenvalue weighted by Gasteiger charge is 2.26. The van der Waals surface area contributed by atoms with E-state index in [1.807, 2.05) is 0 Å². The number of benzene rings is 2. The minimum absolute atomic E-state index is 0.0235. The monoisotopic (exact) mass is 441 g/mol. The Labute approximate surface area is 168 Å². The molecule has 0 atom stereocenters. The van der Waals surface area contributed by atoms with Crippen LogP contribution in [0.4, 0.5) is 18.9 Å². The molecule has 3 aromatic rings. The van der Waals surface area contributed by atoms with Crippen LogP contribution in [0.1, 0.15) is 10.4 Å². The molecule has 11 heteroatoms. The summed E-state index contributed by atoms with van der Waals surface area (Å²) in [7, 11) is -2.97. The molecule has 0 aliphatic heterocycles. The lowest BCUT2D eigenvalue weighted by atomic mass is 10.2. The first kappa shape index (κ1) is 20.9. The van der Waals surface area contributed by atoms with E-state index in [-0.39, 0.29) is 11.3 Å². The van der Waals surface area contributed by atoms with Crippen LogP contribution < -0.4 is 5.32 Å². The average molecular weight is 441 g/mol. The van der Waals surface area contributed by atoms with Gasteiger partial charge in [-0.3, -0.25) is 4.79 Å². The standard InChI is InChI=1S/C18H14F3N3O3S2/c1-24-9-8-22-18(24)28-15-7-4-12(19)10-14(15)23-16(25)11-2-5-13(6-3-11)29(26,27)17(20)21/h2-10,17H,1H3,(H,23,25). The molecule has 1 amide bonds. The number of alkyl halides is 2. The van der Waals surface area contributed by atoms with Gasteiger partial charge in [0.25, 0.3) is 5.91 Å². The number of hydrogen-bond acceptors (Lipinski definition) is 5. The predicted octanol–water partition coefficient (Wildman–Crippen LogP) is 3.96. The Hall–Kier alpha value is -2.79. The molecule has 1 aromatic heterocycles. The quantitative estimate of drug-likeness (QED) is 0.626. The summed E-state index contributed by atoms with van der Waals surface area (Å²) in [5.41, 5.74) is 0.211. The number of anilines is 1. The fourth-order valence-corrected chi connectivity index (χ4v) is 3.92. The zero-order valence-corrected chi connectivity index (χ0v) is 16.5. The predicted molar refractivity (Wildman–Crippen MR) is 101 cm³/mol. The van der Waals surface area contributed by atoms with Crippen molar-refractivity contribution < 1.29 is 26.4 Å². The molecular formula is C18H14F3N3O3S2. The maximum atomic E-state index is 13.7. The number of amides is 1. The number of nitrogens with one attached hydrogen (secondary N) is 1. The first-order valence-corrected chi connectivity index (χ1v) is 10.4. The van der Waals surface area contributed by atoms with Crippen molar-refractivity contribution >= 4 is 33.2 Å². The third-order valence-electron chi connectivity index (χ3n) is 3.85. The molecule has 29 heavy (non-hydrogen) atoms. The van der Waals surface area contributed by atoms with Crippen molar-refractivity contribution in [3.8, 4) is 0 Å². The second kappa shape index (κ2) is 8.29. The molecule has 0 radical (unpaired) electrons. The lowest BCUT2D eigenvalue weighted by molar-refractivity contribution is 0.102. The van der Waals surface area contributed by atoms with Gasteiger partial charge in [-0.25, -0.2) is 17.8 Å². The molecule has 0 bridgehead atoms. The molecular weight excluding hydrogens is 427 g/mol. The van der Waals surface area contributed by atoms with Crippen LogP contribution in [0.5, 0.6) is 0 Å². The molecule has 0 spiro atoms. The number of carbonyl (C=O) groups excluding carboxylic acids is 1. The van der Waals surface area contributed by atoms with Gasteiger partial charge in [-0.2, -0.15) is 8.78 Å². The highest BCUT2D eigenvalue weighted by molar-refractivity contribution is 7.99.